The van der Waals surface area contributed by atoms with Crippen molar-refractivity contribution in [2.75, 3.05) is 13.1 Å². The van der Waals surface area contributed by atoms with Crippen LogP contribution < -0.4 is 11.1 Å². The zero-order chi connectivity index (χ0) is 13.3. The number of urea groups is 1. The molecular weight excluding hydrogens is 294 g/mol. The number of nitrogens with two attached hydrogens (primary N) is 1. The number of carbonyl (C=O) groups excluding carboxylic acids is 1. The molecule has 18 heavy (non-hydrogen) atoms. The summed E-state index contributed by atoms with van der Waals surface area (Å²) in [5, 5.41) is 3.00. The topological polar surface area (TPSA) is 58.4 Å². The van der Waals surface area contributed by atoms with E-state index in [0.717, 1.165) is 10.0 Å². The molecule has 0 aliphatic carbocycles. The van der Waals surface area contributed by atoms with Crippen LogP contribution in [0.25, 0.3) is 0 Å². The molecule has 98 valence electrons. The number of amides is 2. The summed E-state index contributed by atoms with van der Waals surface area (Å²) in [6.45, 7) is 5.07. The molecular formula is C13H18BrN3O. The first-order valence-corrected chi connectivity index (χ1v) is 6.77. The second kappa shape index (κ2) is 4.90. The van der Waals surface area contributed by atoms with Gasteiger partial charge in [0.2, 0.25) is 0 Å². The predicted octanol–water partition coefficient (Wildman–Crippen LogP) is 2.25. The van der Waals surface area contributed by atoms with Crippen molar-refractivity contribution in [1.82, 2.24) is 10.2 Å². The number of benzene rings is 1. The molecule has 1 aromatic rings. The third-order valence-corrected chi connectivity index (χ3v) is 3.94. The van der Waals surface area contributed by atoms with Crippen LogP contribution >= 0.6 is 15.9 Å². The predicted molar refractivity (Wildman–Crippen MR) is 75.3 cm³/mol. The third-order valence-electron chi connectivity index (χ3n) is 3.41. The molecule has 1 unspecified atom stereocenters. The zero-order valence-corrected chi connectivity index (χ0v) is 12.2. The van der Waals surface area contributed by atoms with Crippen molar-refractivity contribution in [3.8, 4) is 0 Å². The van der Waals surface area contributed by atoms with E-state index >= 15 is 0 Å². The first kappa shape index (κ1) is 13.4. The molecule has 5 heteroatoms. The Hall–Kier alpha value is -1.07. The van der Waals surface area contributed by atoms with Crippen LogP contribution in [0, 0.1) is 0 Å². The SMILES string of the molecule is CC(C)(CN)N1CC(c2ccc(Br)cc2)NC1=O. The number of hydrogen-bond acceptors (Lipinski definition) is 2. The summed E-state index contributed by atoms with van der Waals surface area (Å²) in [6.07, 6.45) is 0. The maximum atomic E-state index is 12.0. The molecule has 2 amide bonds. The van der Waals surface area contributed by atoms with Crippen LogP contribution in [0.1, 0.15) is 25.5 Å². The zero-order valence-electron chi connectivity index (χ0n) is 10.6. The van der Waals surface area contributed by atoms with Crippen molar-refractivity contribution in [2.45, 2.75) is 25.4 Å². The second-order valence-electron chi connectivity index (χ2n) is 5.18. The molecule has 1 atom stereocenters. The maximum absolute atomic E-state index is 12.0. The van der Waals surface area contributed by atoms with Crippen LogP contribution in [0.4, 0.5) is 4.79 Å². The van der Waals surface area contributed by atoms with Gasteiger partial charge in [0.1, 0.15) is 0 Å². The lowest BCUT2D eigenvalue weighted by Gasteiger charge is -2.33. The molecule has 1 heterocycles. The Kier molecular flexibility index (Phi) is 3.64. The molecule has 1 aliphatic rings. The molecule has 0 saturated carbocycles. The molecule has 1 saturated heterocycles. The third kappa shape index (κ3) is 2.52. The quantitative estimate of drug-likeness (QED) is 0.899. The summed E-state index contributed by atoms with van der Waals surface area (Å²) >= 11 is 3.41. The maximum Gasteiger partial charge on any atom is 0.318 e. The van der Waals surface area contributed by atoms with Gasteiger partial charge >= 0.3 is 6.03 Å². The van der Waals surface area contributed by atoms with E-state index in [1.54, 1.807) is 4.90 Å². The Labute approximate surface area is 116 Å². The highest BCUT2D eigenvalue weighted by molar-refractivity contribution is 9.10. The Morgan fingerprint density at radius 1 is 1.44 bits per heavy atom. The minimum absolute atomic E-state index is 0.0384. The first-order chi connectivity index (χ1) is 8.44. The Morgan fingerprint density at radius 3 is 2.61 bits per heavy atom. The van der Waals surface area contributed by atoms with Crippen LogP contribution in [0.2, 0.25) is 0 Å². The number of halogens is 1. The first-order valence-electron chi connectivity index (χ1n) is 5.98. The van der Waals surface area contributed by atoms with E-state index < -0.39 is 0 Å². The van der Waals surface area contributed by atoms with Gasteiger partial charge in [-0.15, -0.1) is 0 Å². The van der Waals surface area contributed by atoms with E-state index in [0.29, 0.717) is 13.1 Å². The van der Waals surface area contributed by atoms with Gasteiger partial charge in [-0.3, -0.25) is 0 Å². The van der Waals surface area contributed by atoms with E-state index in [-0.39, 0.29) is 17.6 Å². The molecule has 0 radical (unpaired) electrons. The molecule has 1 fully saturated rings. The van der Waals surface area contributed by atoms with Crippen LogP contribution in [-0.2, 0) is 0 Å². The Balaban J connectivity index is 2.16. The number of hydrogen-bond donors (Lipinski definition) is 2. The normalized spacial score (nSPS) is 20.1. The largest absolute Gasteiger partial charge is 0.329 e. The molecule has 4 nitrogen and oxygen atoms in total. The van der Waals surface area contributed by atoms with Gasteiger partial charge in [0.25, 0.3) is 0 Å². The summed E-state index contributed by atoms with van der Waals surface area (Å²) in [5.74, 6) is 0. The van der Waals surface area contributed by atoms with E-state index in [2.05, 4.69) is 21.2 Å². The number of nitrogens with one attached hydrogen (secondary N) is 1. The fourth-order valence-electron chi connectivity index (χ4n) is 2.05. The van der Waals surface area contributed by atoms with Crippen molar-refractivity contribution in [3.63, 3.8) is 0 Å². The van der Waals surface area contributed by atoms with E-state index in [4.69, 9.17) is 5.73 Å². The van der Waals surface area contributed by atoms with Crippen LogP contribution in [-0.4, -0.2) is 29.6 Å². The molecule has 3 N–H and O–H groups in total. The highest BCUT2D eigenvalue weighted by Crippen LogP contribution is 2.26. The minimum atomic E-state index is -0.311. The van der Waals surface area contributed by atoms with Gasteiger partial charge in [-0.05, 0) is 31.5 Å². The van der Waals surface area contributed by atoms with Crippen molar-refractivity contribution in [3.05, 3.63) is 34.3 Å². The van der Waals surface area contributed by atoms with E-state index in [1.807, 2.05) is 38.1 Å². The molecule has 0 spiro atoms. The molecule has 0 aromatic heterocycles. The van der Waals surface area contributed by atoms with Gasteiger partial charge in [-0.2, -0.15) is 0 Å². The monoisotopic (exact) mass is 311 g/mol. The summed E-state index contributed by atoms with van der Waals surface area (Å²) < 4.78 is 1.04. The standard InChI is InChI=1S/C13H18BrN3O/c1-13(2,8-15)17-7-11(16-12(17)18)9-3-5-10(14)6-4-9/h3-6,11H,7-8,15H2,1-2H3,(H,16,18). The number of rotatable bonds is 3. The van der Waals surface area contributed by atoms with Gasteiger partial charge in [0.05, 0.1) is 11.6 Å². The summed E-state index contributed by atoms with van der Waals surface area (Å²) in [4.78, 5) is 13.8. The fourth-order valence-corrected chi connectivity index (χ4v) is 2.32. The van der Waals surface area contributed by atoms with E-state index in [1.165, 1.54) is 0 Å². The van der Waals surface area contributed by atoms with Gasteiger partial charge in [0, 0.05) is 17.6 Å². The average molecular weight is 312 g/mol. The summed E-state index contributed by atoms with van der Waals surface area (Å²) in [5.41, 5.74) is 6.53. The smallest absolute Gasteiger partial charge is 0.318 e. The van der Waals surface area contributed by atoms with Crippen LogP contribution in [0.5, 0.6) is 0 Å². The van der Waals surface area contributed by atoms with Gasteiger partial charge in [-0.25, -0.2) is 4.79 Å². The van der Waals surface area contributed by atoms with Crippen molar-refractivity contribution < 1.29 is 4.79 Å². The van der Waals surface area contributed by atoms with Crippen molar-refractivity contribution in [2.24, 2.45) is 5.73 Å². The lowest BCUT2D eigenvalue weighted by atomic mass is 10.0. The van der Waals surface area contributed by atoms with Crippen LogP contribution in [0.3, 0.4) is 0 Å². The molecule has 1 aromatic carbocycles. The molecule has 0 bridgehead atoms. The highest BCUT2D eigenvalue weighted by atomic mass is 79.9. The second-order valence-corrected chi connectivity index (χ2v) is 6.10. The van der Waals surface area contributed by atoms with Crippen molar-refractivity contribution in [1.29, 1.82) is 0 Å². The van der Waals surface area contributed by atoms with Crippen LogP contribution in [0.15, 0.2) is 28.7 Å². The summed E-state index contributed by atoms with van der Waals surface area (Å²) in [7, 11) is 0. The van der Waals surface area contributed by atoms with Gasteiger partial charge in [0.15, 0.2) is 0 Å². The fraction of sp³-hybridized carbons (Fsp3) is 0.462. The Bertz CT molecular complexity index is 444. The van der Waals surface area contributed by atoms with Crippen molar-refractivity contribution >= 4 is 22.0 Å². The lowest BCUT2D eigenvalue weighted by molar-refractivity contribution is 0.163. The highest BCUT2D eigenvalue weighted by Gasteiger charge is 2.38. The Morgan fingerprint density at radius 2 is 2.06 bits per heavy atom. The molecule has 2 rings (SSSR count). The minimum Gasteiger partial charge on any atom is -0.329 e. The summed E-state index contributed by atoms with van der Waals surface area (Å²) in [6, 6.07) is 8.01. The van der Waals surface area contributed by atoms with E-state index in [9.17, 15) is 4.79 Å². The lowest BCUT2D eigenvalue weighted by Crippen LogP contribution is -2.50. The average Bonchev–Trinajstić information content (AvgIpc) is 2.73. The number of carbonyl (C=O) groups is 1. The van der Waals surface area contributed by atoms with Gasteiger partial charge < -0.3 is 16.0 Å². The number of nitrogens with zero attached hydrogens (tertiary/aromatic N) is 1. The van der Waals surface area contributed by atoms with Gasteiger partial charge in [-0.1, -0.05) is 28.1 Å². The molecule has 1 aliphatic heterocycles.